The number of aliphatic hydroxyl groups is 1. The van der Waals surface area contributed by atoms with Crippen molar-refractivity contribution in [2.45, 2.75) is 78.7 Å². The molecule has 2 heteroatoms. The van der Waals surface area contributed by atoms with Gasteiger partial charge in [-0.1, -0.05) is 30.2 Å². The molecule has 0 bridgehead atoms. The van der Waals surface area contributed by atoms with Crippen LogP contribution in [0.25, 0.3) is 0 Å². The predicted octanol–water partition coefficient (Wildman–Crippen LogP) is 5.14. The molecule has 0 saturated heterocycles. The highest BCUT2D eigenvalue weighted by Gasteiger charge is 2.20. The Morgan fingerprint density at radius 2 is 1.73 bits per heavy atom. The summed E-state index contributed by atoms with van der Waals surface area (Å²) in [5.74, 6) is 0.582. The minimum absolute atomic E-state index is 0.239. The van der Waals surface area contributed by atoms with E-state index in [0.29, 0.717) is 12.3 Å². The van der Waals surface area contributed by atoms with Crippen molar-refractivity contribution < 1.29 is 9.90 Å². The highest BCUT2D eigenvalue weighted by atomic mass is 16.3. The summed E-state index contributed by atoms with van der Waals surface area (Å²) in [7, 11) is 0. The molecule has 2 nitrogen and oxygen atoms in total. The Morgan fingerprint density at radius 3 is 2.36 bits per heavy atom. The third kappa shape index (κ3) is 7.22. The molecule has 1 N–H and O–H groups in total. The van der Waals surface area contributed by atoms with Crippen LogP contribution in [0.4, 0.5) is 0 Å². The number of hydrogen-bond donors (Lipinski definition) is 1. The van der Waals surface area contributed by atoms with Crippen molar-refractivity contribution in [3.8, 4) is 0 Å². The molecule has 0 saturated carbocycles. The van der Waals surface area contributed by atoms with E-state index in [2.05, 4.69) is 32.9 Å². The fourth-order valence-corrected chi connectivity index (χ4v) is 2.82. The minimum Gasteiger partial charge on any atom is -0.386 e. The van der Waals surface area contributed by atoms with Crippen molar-refractivity contribution in [1.29, 1.82) is 0 Å². The summed E-state index contributed by atoms with van der Waals surface area (Å²) in [6, 6.07) is 0. The average molecular weight is 304 g/mol. The second-order valence-electron chi connectivity index (χ2n) is 7.42. The lowest BCUT2D eigenvalue weighted by Gasteiger charge is -2.23. The molecular weight excluding hydrogens is 272 g/mol. The molecule has 1 aliphatic carbocycles. The van der Waals surface area contributed by atoms with Crippen LogP contribution in [0.3, 0.4) is 0 Å². The first-order valence-electron chi connectivity index (χ1n) is 8.47. The fraction of sp³-hybridized carbons (Fsp3) is 0.650. The van der Waals surface area contributed by atoms with E-state index in [4.69, 9.17) is 0 Å². The van der Waals surface area contributed by atoms with E-state index in [9.17, 15) is 9.90 Å². The van der Waals surface area contributed by atoms with Gasteiger partial charge in [0.05, 0.1) is 5.60 Å². The lowest BCUT2D eigenvalue weighted by atomic mass is 9.88. The van der Waals surface area contributed by atoms with Crippen LogP contribution in [-0.4, -0.2) is 16.5 Å². The first kappa shape index (κ1) is 18.9. The van der Waals surface area contributed by atoms with Crippen molar-refractivity contribution in [2.75, 3.05) is 0 Å². The molecule has 1 aliphatic rings. The van der Waals surface area contributed by atoms with Crippen LogP contribution in [-0.2, 0) is 4.79 Å². The van der Waals surface area contributed by atoms with Gasteiger partial charge in [-0.15, -0.1) is 0 Å². The fourth-order valence-electron chi connectivity index (χ4n) is 2.82. The first-order chi connectivity index (χ1) is 10.2. The van der Waals surface area contributed by atoms with E-state index in [0.717, 1.165) is 37.7 Å². The van der Waals surface area contributed by atoms with Gasteiger partial charge < -0.3 is 5.11 Å². The van der Waals surface area contributed by atoms with Gasteiger partial charge in [0.15, 0.2) is 5.78 Å². The second-order valence-corrected chi connectivity index (χ2v) is 7.42. The van der Waals surface area contributed by atoms with Crippen LogP contribution in [0.1, 0.15) is 73.1 Å². The highest BCUT2D eigenvalue weighted by Crippen LogP contribution is 2.25. The number of hydrogen-bond acceptors (Lipinski definition) is 2. The highest BCUT2D eigenvalue weighted by molar-refractivity contribution is 5.90. The molecule has 124 valence electrons. The van der Waals surface area contributed by atoms with Gasteiger partial charge in [-0.25, -0.2) is 0 Å². The van der Waals surface area contributed by atoms with E-state index in [1.54, 1.807) is 0 Å². The van der Waals surface area contributed by atoms with Crippen molar-refractivity contribution in [3.05, 3.63) is 34.9 Å². The molecule has 22 heavy (non-hydrogen) atoms. The van der Waals surface area contributed by atoms with Gasteiger partial charge in [-0.05, 0) is 77.4 Å². The van der Waals surface area contributed by atoms with Crippen LogP contribution in [0.2, 0.25) is 0 Å². The van der Waals surface area contributed by atoms with Crippen LogP contribution < -0.4 is 0 Å². The summed E-state index contributed by atoms with van der Waals surface area (Å²) in [6.45, 7) is 9.99. The van der Waals surface area contributed by atoms with Crippen LogP contribution in [0.15, 0.2) is 34.9 Å². The molecule has 0 spiro atoms. The van der Waals surface area contributed by atoms with Crippen molar-refractivity contribution in [1.82, 2.24) is 0 Å². The maximum Gasteiger partial charge on any atom is 0.155 e. The molecule has 0 amide bonds. The zero-order chi connectivity index (χ0) is 16.8. The lowest BCUT2D eigenvalue weighted by Crippen LogP contribution is -2.22. The molecule has 0 aromatic rings. The maximum atomic E-state index is 12.1. The van der Waals surface area contributed by atoms with E-state index in [1.165, 1.54) is 11.1 Å². The average Bonchev–Trinajstić information content (AvgIpc) is 2.35. The topological polar surface area (TPSA) is 37.3 Å². The number of allylic oxidation sites excluding steroid dienone is 5. The Hall–Kier alpha value is -1.15. The maximum absolute atomic E-state index is 12.1. The molecule has 0 unspecified atom stereocenters. The Balaban J connectivity index is 2.96. The summed E-state index contributed by atoms with van der Waals surface area (Å²) in [4.78, 5) is 12.1. The normalized spacial score (nSPS) is 30.4. The summed E-state index contributed by atoms with van der Waals surface area (Å²) >= 11 is 0. The minimum atomic E-state index is -0.798. The van der Waals surface area contributed by atoms with Crippen molar-refractivity contribution >= 4 is 5.78 Å². The number of carbonyl (C=O) groups excluding carboxylic acids is 1. The van der Waals surface area contributed by atoms with Gasteiger partial charge in [0.1, 0.15) is 0 Å². The Labute approximate surface area is 136 Å². The molecule has 0 aliphatic heterocycles. The van der Waals surface area contributed by atoms with Crippen LogP contribution in [0, 0.1) is 5.92 Å². The number of carbonyl (C=O) groups is 1. The van der Waals surface area contributed by atoms with Crippen LogP contribution in [0.5, 0.6) is 0 Å². The Bertz CT molecular complexity index is 472. The van der Waals surface area contributed by atoms with Gasteiger partial charge in [0.2, 0.25) is 0 Å². The summed E-state index contributed by atoms with van der Waals surface area (Å²) in [6.07, 6.45) is 11.5. The number of rotatable bonds is 1. The molecule has 1 atom stereocenters. The third-order valence-electron chi connectivity index (χ3n) is 4.36. The Kier molecular flexibility index (Phi) is 7.28. The zero-order valence-corrected chi connectivity index (χ0v) is 14.9. The summed E-state index contributed by atoms with van der Waals surface area (Å²) < 4.78 is 0. The first-order valence-corrected chi connectivity index (χ1v) is 8.47. The second kappa shape index (κ2) is 8.47. The summed E-state index contributed by atoms with van der Waals surface area (Å²) in [5, 5.41) is 10.3. The Morgan fingerprint density at radius 1 is 1.09 bits per heavy atom. The van der Waals surface area contributed by atoms with Crippen molar-refractivity contribution in [3.63, 3.8) is 0 Å². The monoisotopic (exact) mass is 304 g/mol. The molecule has 0 heterocycles. The van der Waals surface area contributed by atoms with E-state index in [1.807, 2.05) is 19.9 Å². The molecule has 0 aromatic carbocycles. The molecule has 0 aromatic heterocycles. The molecule has 0 fully saturated rings. The smallest absolute Gasteiger partial charge is 0.155 e. The van der Waals surface area contributed by atoms with E-state index in [-0.39, 0.29) is 5.78 Å². The molecule has 1 rings (SSSR count). The molecular formula is C20H32O2. The van der Waals surface area contributed by atoms with Gasteiger partial charge >= 0.3 is 0 Å². The van der Waals surface area contributed by atoms with Crippen molar-refractivity contribution in [2.24, 2.45) is 5.92 Å². The quantitative estimate of drug-likeness (QED) is 0.728. The summed E-state index contributed by atoms with van der Waals surface area (Å²) in [5.41, 5.74) is 2.77. The number of ketones is 1. The zero-order valence-electron chi connectivity index (χ0n) is 14.9. The standard InChI is InChI=1S/C20H32O2/c1-15-7-6-8-16(2)13-19(21)14-17(3)10-12-18(11-9-15)20(4,5)22/h9,11,13,17,22H,6-8,10,12,14H2,1-5H3/b15-9+,16-13-,18-11+/t17-/m1/s1. The van der Waals surface area contributed by atoms with Crippen LogP contribution >= 0.6 is 0 Å². The predicted molar refractivity (Wildman–Crippen MR) is 93.8 cm³/mol. The van der Waals surface area contributed by atoms with Gasteiger partial charge in [0.25, 0.3) is 0 Å². The third-order valence-corrected chi connectivity index (χ3v) is 4.36. The lowest BCUT2D eigenvalue weighted by molar-refractivity contribution is -0.115. The van der Waals surface area contributed by atoms with E-state index >= 15 is 0 Å². The molecule has 0 radical (unpaired) electrons. The van der Waals surface area contributed by atoms with Gasteiger partial charge in [0, 0.05) is 6.42 Å². The van der Waals surface area contributed by atoms with Gasteiger partial charge in [-0.3, -0.25) is 4.79 Å². The largest absolute Gasteiger partial charge is 0.386 e. The van der Waals surface area contributed by atoms with E-state index < -0.39 is 5.60 Å². The SMILES string of the molecule is C/C1=C/C(=O)C[C@H](C)CC/C(C(C)(C)O)=C\C=C(/C)CCC1. The van der Waals surface area contributed by atoms with Gasteiger partial charge in [-0.2, -0.15) is 0 Å².